The Hall–Kier alpha value is -1.39. The van der Waals surface area contributed by atoms with Crippen LogP contribution in [0.2, 0.25) is 0 Å². The highest BCUT2D eigenvalue weighted by molar-refractivity contribution is 5.66. The lowest BCUT2D eigenvalue weighted by Crippen LogP contribution is -2.26. The van der Waals surface area contributed by atoms with Gasteiger partial charge in [0.25, 0.3) is 0 Å². The first-order valence-corrected chi connectivity index (χ1v) is 11.1. The molecule has 0 heterocycles. The molecular weight excluding hydrogens is 352 g/mol. The Balaban J connectivity index is 2.27. The first-order chi connectivity index (χ1) is 13.5. The van der Waals surface area contributed by atoms with Gasteiger partial charge in [-0.3, -0.25) is 4.79 Å². The normalized spacial score (nSPS) is 23.0. The summed E-state index contributed by atoms with van der Waals surface area (Å²) in [5, 5.41) is 29.0. The van der Waals surface area contributed by atoms with Crippen LogP contribution in [0.15, 0.2) is 36.5 Å². The number of allylic oxidation sites excluding steroid dienone is 4. The molecule has 1 aliphatic rings. The maximum Gasteiger partial charge on any atom is 0.303 e. The molecular formula is C24H40O4. The molecule has 0 aromatic heterocycles. The average molecular weight is 393 g/mol. The third kappa shape index (κ3) is 12.1. The second-order valence-corrected chi connectivity index (χ2v) is 8.08. The Morgan fingerprint density at radius 2 is 1.93 bits per heavy atom. The predicted molar refractivity (Wildman–Crippen MR) is 115 cm³/mol. The van der Waals surface area contributed by atoms with Crippen molar-refractivity contribution in [3.8, 4) is 0 Å². The minimum absolute atomic E-state index is 0.133. The van der Waals surface area contributed by atoms with Gasteiger partial charge >= 0.3 is 5.97 Å². The summed E-state index contributed by atoms with van der Waals surface area (Å²) < 4.78 is 0. The standard InChI is InChI=1S/C24H40O4/c1-2-3-4-5-6-7-15-22(25)16-9-8-12-20-13-10-14-21(19-20)23(26)17-11-18-24(27)28/h6-9,12,16,20-23,25-26H,2-5,10-11,13-15,17-19H2,1H3,(H,27,28). The van der Waals surface area contributed by atoms with Crippen molar-refractivity contribution in [2.45, 2.75) is 96.2 Å². The van der Waals surface area contributed by atoms with Gasteiger partial charge in [-0.2, -0.15) is 0 Å². The van der Waals surface area contributed by atoms with Gasteiger partial charge in [0.1, 0.15) is 0 Å². The molecule has 1 fully saturated rings. The molecule has 0 amide bonds. The second-order valence-electron chi connectivity index (χ2n) is 8.08. The van der Waals surface area contributed by atoms with Crippen molar-refractivity contribution in [3.63, 3.8) is 0 Å². The van der Waals surface area contributed by atoms with Crippen LogP contribution in [-0.2, 0) is 4.79 Å². The van der Waals surface area contributed by atoms with Crippen molar-refractivity contribution >= 4 is 5.97 Å². The van der Waals surface area contributed by atoms with E-state index in [0.29, 0.717) is 25.2 Å². The minimum Gasteiger partial charge on any atom is -0.481 e. The maximum absolute atomic E-state index is 10.6. The van der Waals surface area contributed by atoms with Crippen molar-refractivity contribution in [1.29, 1.82) is 0 Å². The second kappa shape index (κ2) is 15.5. The number of aliphatic carboxylic acids is 1. The monoisotopic (exact) mass is 392 g/mol. The van der Waals surface area contributed by atoms with E-state index >= 15 is 0 Å². The summed E-state index contributed by atoms with van der Waals surface area (Å²) in [4.78, 5) is 10.6. The highest BCUT2D eigenvalue weighted by Gasteiger charge is 2.25. The van der Waals surface area contributed by atoms with E-state index in [-0.39, 0.29) is 12.3 Å². The van der Waals surface area contributed by atoms with Crippen LogP contribution in [0, 0.1) is 11.8 Å². The van der Waals surface area contributed by atoms with Gasteiger partial charge in [0.15, 0.2) is 0 Å². The quantitative estimate of drug-likeness (QED) is 0.210. The molecule has 3 N–H and O–H groups in total. The van der Waals surface area contributed by atoms with Gasteiger partial charge in [-0.25, -0.2) is 0 Å². The molecule has 4 atom stereocenters. The van der Waals surface area contributed by atoms with E-state index in [0.717, 1.165) is 32.1 Å². The number of hydrogen-bond donors (Lipinski definition) is 3. The first kappa shape index (κ1) is 24.6. The number of carboxylic acid groups (broad SMARTS) is 1. The van der Waals surface area contributed by atoms with E-state index in [1.54, 1.807) is 0 Å². The topological polar surface area (TPSA) is 77.8 Å². The van der Waals surface area contributed by atoms with Crippen molar-refractivity contribution in [3.05, 3.63) is 36.5 Å². The Bertz CT molecular complexity index is 495. The van der Waals surface area contributed by atoms with Gasteiger partial charge in [0.2, 0.25) is 0 Å². The molecule has 0 bridgehead atoms. The van der Waals surface area contributed by atoms with Crippen molar-refractivity contribution < 1.29 is 20.1 Å². The number of aliphatic hydroxyl groups excluding tert-OH is 2. The number of carboxylic acids is 1. The number of carbonyl (C=O) groups is 1. The van der Waals surface area contributed by atoms with Crippen LogP contribution in [0.3, 0.4) is 0 Å². The van der Waals surface area contributed by atoms with E-state index < -0.39 is 18.2 Å². The Morgan fingerprint density at radius 1 is 1.11 bits per heavy atom. The summed E-state index contributed by atoms with van der Waals surface area (Å²) >= 11 is 0. The molecule has 4 unspecified atom stereocenters. The lowest BCUT2D eigenvalue weighted by atomic mass is 9.77. The summed E-state index contributed by atoms with van der Waals surface area (Å²) in [6.07, 6.45) is 22.3. The third-order valence-corrected chi connectivity index (χ3v) is 5.54. The molecule has 1 aliphatic carbocycles. The summed E-state index contributed by atoms with van der Waals surface area (Å²) in [7, 11) is 0. The van der Waals surface area contributed by atoms with Crippen LogP contribution < -0.4 is 0 Å². The van der Waals surface area contributed by atoms with Gasteiger partial charge < -0.3 is 15.3 Å². The van der Waals surface area contributed by atoms with Crippen molar-refractivity contribution in [2.75, 3.05) is 0 Å². The third-order valence-electron chi connectivity index (χ3n) is 5.54. The zero-order chi connectivity index (χ0) is 20.6. The minimum atomic E-state index is -0.794. The van der Waals surface area contributed by atoms with Crippen LogP contribution in [0.5, 0.6) is 0 Å². The zero-order valence-corrected chi connectivity index (χ0v) is 17.5. The zero-order valence-electron chi connectivity index (χ0n) is 17.5. The molecule has 160 valence electrons. The fourth-order valence-electron chi connectivity index (χ4n) is 3.85. The summed E-state index contributed by atoms with van der Waals surface area (Å²) in [6, 6.07) is 0. The van der Waals surface area contributed by atoms with Gasteiger partial charge in [-0.15, -0.1) is 0 Å². The number of rotatable bonds is 14. The highest BCUT2D eigenvalue weighted by atomic mass is 16.4. The molecule has 4 heteroatoms. The number of hydrogen-bond acceptors (Lipinski definition) is 3. The lowest BCUT2D eigenvalue weighted by molar-refractivity contribution is -0.137. The van der Waals surface area contributed by atoms with Crippen LogP contribution in [0.4, 0.5) is 0 Å². The van der Waals surface area contributed by atoms with Crippen LogP contribution in [0.1, 0.15) is 84.0 Å². The average Bonchev–Trinajstić information content (AvgIpc) is 2.68. The van der Waals surface area contributed by atoms with Gasteiger partial charge in [0, 0.05) is 6.42 Å². The van der Waals surface area contributed by atoms with Crippen LogP contribution >= 0.6 is 0 Å². The Labute approximate surface area is 171 Å². The fourth-order valence-corrected chi connectivity index (χ4v) is 3.85. The van der Waals surface area contributed by atoms with E-state index in [2.05, 4.69) is 25.2 Å². The van der Waals surface area contributed by atoms with E-state index in [4.69, 9.17) is 5.11 Å². The molecule has 28 heavy (non-hydrogen) atoms. The van der Waals surface area contributed by atoms with Crippen LogP contribution in [-0.4, -0.2) is 33.5 Å². The van der Waals surface area contributed by atoms with Gasteiger partial charge in [0.05, 0.1) is 12.2 Å². The van der Waals surface area contributed by atoms with Gasteiger partial charge in [-0.05, 0) is 63.2 Å². The first-order valence-electron chi connectivity index (χ1n) is 11.1. The largest absolute Gasteiger partial charge is 0.481 e. The molecule has 0 aliphatic heterocycles. The smallest absolute Gasteiger partial charge is 0.303 e. The lowest BCUT2D eigenvalue weighted by Gasteiger charge is -2.30. The van der Waals surface area contributed by atoms with E-state index in [1.165, 1.54) is 19.3 Å². The fraction of sp³-hybridized carbons (Fsp3) is 0.708. The molecule has 1 saturated carbocycles. The Morgan fingerprint density at radius 3 is 2.68 bits per heavy atom. The molecule has 0 aromatic carbocycles. The van der Waals surface area contributed by atoms with E-state index in [1.807, 2.05) is 18.2 Å². The molecule has 4 nitrogen and oxygen atoms in total. The SMILES string of the molecule is CCCCCC=CCC(O)C=CC=CC1CCCC(C(O)CCCC(=O)O)C1. The molecule has 0 saturated heterocycles. The summed E-state index contributed by atoms with van der Waals surface area (Å²) in [5.41, 5.74) is 0. The van der Waals surface area contributed by atoms with Crippen molar-refractivity contribution in [1.82, 2.24) is 0 Å². The number of aliphatic hydroxyl groups is 2. The molecule has 0 aromatic rings. The van der Waals surface area contributed by atoms with Gasteiger partial charge in [-0.1, -0.05) is 62.6 Å². The van der Waals surface area contributed by atoms with Crippen molar-refractivity contribution in [2.24, 2.45) is 11.8 Å². The Kier molecular flexibility index (Phi) is 13.7. The number of unbranched alkanes of at least 4 members (excludes halogenated alkanes) is 3. The van der Waals surface area contributed by atoms with Crippen LogP contribution in [0.25, 0.3) is 0 Å². The maximum atomic E-state index is 10.6. The molecule has 1 rings (SSSR count). The highest BCUT2D eigenvalue weighted by Crippen LogP contribution is 2.33. The summed E-state index contributed by atoms with van der Waals surface area (Å²) in [5.74, 6) is -0.0737. The van der Waals surface area contributed by atoms with E-state index in [9.17, 15) is 15.0 Å². The summed E-state index contributed by atoms with van der Waals surface area (Å²) in [6.45, 7) is 2.20. The molecule has 0 spiro atoms. The predicted octanol–water partition coefficient (Wildman–Crippen LogP) is 5.41. The molecule has 0 radical (unpaired) electrons.